The zero-order chi connectivity index (χ0) is 12.3. The summed E-state index contributed by atoms with van der Waals surface area (Å²) in [6, 6.07) is 15.0. The van der Waals surface area contributed by atoms with Crippen LogP contribution in [0.4, 0.5) is 17.1 Å². The fourth-order valence-electron chi connectivity index (χ4n) is 1.44. The van der Waals surface area contributed by atoms with Crippen LogP contribution >= 0.6 is 15.9 Å². The van der Waals surface area contributed by atoms with E-state index in [1.165, 1.54) is 0 Å². The number of anilines is 3. The maximum atomic E-state index is 9.01. The number of nitriles is 1. The minimum Gasteiger partial charge on any atom is -0.399 e. The number of nitrogen functional groups attached to an aromatic ring is 1. The smallest absolute Gasteiger partial charge is 0.101 e. The lowest BCUT2D eigenvalue weighted by Gasteiger charge is -2.08. The first kappa shape index (κ1) is 11.5. The number of hydrogen-bond acceptors (Lipinski definition) is 3. The van der Waals surface area contributed by atoms with Gasteiger partial charge in [-0.25, -0.2) is 0 Å². The Hall–Kier alpha value is -1.99. The van der Waals surface area contributed by atoms with Crippen molar-refractivity contribution in [3.8, 4) is 6.07 Å². The van der Waals surface area contributed by atoms with Gasteiger partial charge in [0.25, 0.3) is 0 Å². The summed E-state index contributed by atoms with van der Waals surface area (Å²) in [6.07, 6.45) is 0. The first-order valence-corrected chi connectivity index (χ1v) is 5.80. The molecular formula is C13H10BrN3. The molecule has 0 aliphatic rings. The molecule has 84 valence electrons. The normalized spacial score (nSPS) is 9.65. The number of benzene rings is 2. The molecule has 0 aromatic heterocycles. The first-order valence-electron chi connectivity index (χ1n) is 5.01. The van der Waals surface area contributed by atoms with Gasteiger partial charge in [0, 0.05) is 15.8 Å². The Balaban J connectivity index is 2.32. The van der Waals surface area contributed by atoms with E-state index in [2.05, 4.69) is 27.3 Å². The zero-order valence-electron chi connectivity index (χ0n) is 8.94. The summed E-state index contributed by atoms with van der Waals surface area (Å²) in [5.41, 5.74) is 8.59. The van der Waals surface area contributed by atoms with Gasteiger partial charge in [-0.3, -0.25) is 0 Å². The van der Waals surface area contributed by atoms with E-state index in [1.807, 2.05) is 36.4 Å². The lowest BCUT2D eigenvalue weighted by molar-refractivity contribution is 1.45. The largest absolute Gasteiger partial charge is 0.399 e. The van der Waals surface area contributed by atoms with Gasteiger partial charge in [-0.1, -0.05) is 15.9 Å². The standard InChI is InChI=1S/C13H10BrN3/c14-10-2-1-9(8-15)13(7-10)17-12-5-3-11(16)4-6-12/h1-7,17H,16H2. The second-order valence-corrected chi connectivity index (χ2v) is 4.46. The van der Waals surface area contributed by atoms with Crippen LogP contribution in [0.25, 0.3) is 0 Å². The Morgan fingerprint density at radius 2 is 1.82 bits per heavy atom. The third-order valence-corrected chi connectivity index (χ3v) is 2.79. The molecule has 2 aromatic carbocycles. The van der Waals surface area contributed by atoms with Crippen molar-refractivity contribution in [3.05, 3.63) is 52.5 Å². The fourth-order valence-corrected chi connectivity index (χ4v) is 1.80. The lowest BCUT2D eigenvalue weighted by Crippen LogP contribution is -1.94. The van der Waals surface area contributed by atoms with Crippen molar-refractivity contribution in [1.82, 2.24) is 0 Å². The molecule has 0 fully saturated rings. The van der Waals surface area contributed by atoms with Crippen molar-refractivity contribution in [3.63, 3.8) is 0 Å². The van der Waals surface area contributed by atoms with Crippen LogP contribution in [0.1, 0.15) is 5.56 Å². The van der Waals surface area contributed by atoms with E-state index in [0.29, 0.717) is 11.3 Å². The lowest BCUT2D eigenvalue weighted by atomic mass is 10.2. The molecule has 3 nitrogen and oxygen atoms in total. The molecule has 0 radical (unpaired) electrons. The molecule has 0 amide bonds. The van der Waals surface area contributed by atoms with Gasteiger partial charge < -0.3 is 11.1 Å². The van der Waals surface area contributed by atoms with Crippen LogP contribution in [-0.4, -0.2) is 0 Å². The minimum atomic E-state index is 0.602. The Morgan fingerprint density at radius 3 is 2.47 bits per heavy atom. The molecule has 0 unspecified atom stereocenters. The number of nitrogens with zero attached hydrogens (tertiary/aromatic N) is 1. The molecule has 0 aliphatic heterocycles. The molecule has 4 heteroatoms. The van der Waals surface area contributed by atoms with E-state index < -0.39 is 0 Å². The highest BCUT2D eigenvalue weighted by atomic mass is 79.9. The second-order valence-electron chi connectivity index (χ2n) is 3.55. The van der Waals surface area contributed by atoms with E-state index >= 15 is 0 Å². The molecular weight excluding hydrogens is 278 g/mol. The maximum Gasteiger partial charge on any atom is 0.101 e. The summed E-state index contributed by atoms with van der Waals surface area (Å²) in [4.78, 5) is 0. The monoisotopic (exact) mass is 287 g/mol. The van der Waals surface area contributed by atoms with Gasteiger partial charge in [0.2, 0.25) is 0 Å². The number of halogens is 1. The molecule has 17 heavy (non-hydrogen) atoms. The summed E-state index contributed by atoms with van der Waals surface area (Å²) in [5.74, 6) is 0. The van der Waals surface area contributed by atoms with Gasteiger partial charge in [-0.15, -0.1) is 0 Å². The molecule has 0 aliphatic carbocycles. The minimum absolute atomic E-state index is 0.602. The summed E-state index contributed by atoms with van der Waals surface area (Å²) in [7, 11) is 0. The predicted octanol–water partition coefficient (Wildman–Crippen LogP) is 3.65. The summed E-state index contributed by atoms with van der Waals surface area (Å²) < 4.78 is 0.925. The summed E-state index contributed by atoms with van der Waals surface area (Å²) in [6.45, 7) is 0. The van der Waals surface area contributed by atoms with E-state index in [1.54, 1.807) is 6.07 Å². The number of nitrogens with two attached hydrogens (primary N) is 1. The van der Waals surface area contributed by atoms with Gasteiger partial charge in [-0.2, -0.15) is 5.26 Å². The van der Waals surface area contributed by atoms with Crippen LogP contribution in [0.3, 0.4) is 0 Å². The van der Waals surface area contributed by atoms with Crippen LogP contribution in [0.5, 0.6) is 0 Å². The Morgan fingerprint density at radius 1 is 1.12 bits per heavy atom. The molecule has 0 heterocycles. The Bertz CT molecular complexity index is 570. The molecule has 2 rings (SSSR count). The van der Waals surface area contributed by atoms with Crippen molar-refractivity contribution in [2.24, 2.45) is 0 Å². The number of rotatable bonds is 2. The van der Waals surface area contributed by atoms with Crippen LogP contribution in [0.2, 0.25) is 0 Å². The quantitative estimate of drug-likeness (QED) is 0.829. The van der Waals surface area contributed by atoms with Crippen molar-refractivity contribution >= 4 is 33.0 Å². The first-order chi connectivity index (χ1) is 8.19. The van der Waals surface area contributed by atoms with Crippen molar-refractivity contribution in [2.45, 2.75) is 0 Å². The summed E-state index contributed by atoms with van der Waals surface area (Å²) in [5, 5.41) is 12.2. The van der Waals surface area contributed by atoms with Crippen LogP contribution in [-0.2, 0) is 0 Å². The van der Waals surface area contributed by atoms with E-state index in [9.17, 15) is 0 Å². The molecule has 0 saturated heterocycles. The molecule has 3 N–H and O–H groups in total. The topological polar surface area (TPSA) is 61.8 Å². The highest BCUT2D eigenvalue weighted by Gasteiger charge is 2.02. The SMILES string of the molecule is N#Cc1ccc(Br)cc1Nc1ccc(N)cc1. The number of hydrogen-bond donors (Lipinski definition) is 2. The third kappa shape index (κ3) is 2.77. The average molecular weight is 288 g/mol. The Kier molecular flexibility index (Phi) is 3.31. The van der Waals surface area contributed by atoms with E-state index in [4.69, 9.17) is 11.0 Å². The van der Waals surface area contributed by atoms with Crippen molar-refractivity contribution in [2.75, 3.05) is 11.1 Å². The fraction of sp³-hybridized carbons (Fsp3) is 0. The zero-order valence-corrected chi connectivity index (χ0v) is 10.5. The van der Waals surface area contributed by atoms with Crippen LogP contribution in [0.15, 0.2) is 46.9 Å². The Labute approximate surface area is 108 Å². The highest BCUT2D eigenvalue weighted by Crippen LogP contribution is 2.24. The average Bonchev–Trinajstić information content (AvgIpc) is 2.32. The van der Waals surface area contributed by atoms with Gasteiger partial charge in [-0.05, 0) is 42.5 Å². The molecule has 0 atom stereocenters. The molecule has 0 bridgehead atoms. The molecule has 0 spiro atoms. The maximum absolute atomic E-state index is 9.01. The molecule has 2 aromatic rings. The third-order valence-electron chi connectivity index (χ3n) is 2.29. The molecule has 0 saturated carbocycles. The summed E-state index contributed by atoms with van der Waals surface area (Å²) >= 11 is 3.38. The van der Waals surface area contributed by atoms with E-state index in [-0.39, 0.29) is 0 Å². The van der Waals surface area contributed by atoms with Crippen LogP contribution in [0, 0.1) is 11.3 Å². The van der Waals surface area contributed by atoms with Crippen LogP contribution < -0.4 is 11.1 Å². The second kappa shape index (κ2) is 4.89. The van der Waals surface area contributed by atoms with Gasteiger partial charge in [0.15, 0.2) is 0 Å². The highest BCUT2D eigenvalue weighted by molar-refractivity contribution is 9.10. The van der Waals surface area contributed by atoms with Gasteiger partial charge in [0.1, 0.15) is 6.07 Å². The van der Waals surface area contributed by atoms with E-state index in [0.717, 1.165) is 15.8 Å². The predicted molar refractivity (Wildman–Crippen MR) is 73.0 cm³/mol. The van der Waals surface area contributed by atoms with Crippen molar-refractivity contribution < 1.29 is 0 Å². The van der Waals surface area contributed by atoms with Crippen molar-refractivity contribution in [1.29, 1.82) is 5.26 Å². The number of nitrogens with one attached hydrogen (secondary N) is 1. The van der Waals surface area contributed by atoms with Gasteiger partial charge in [0.05, 0.1) is 11.3 Å². The van der Waals surface area contributed by atoms with Gasteiger partial charge >= 0.3 is 0 Å².